The van der Waals surface area contributed by atoms with E-state index in [9.17, 15) is 14.3 Å². The maximum Gasteiger partial charge on any atom is 0.300 e. The van der Waals surface area contributed by atoms with E-state index < -0.39 is 11.3 Å². The molecule has 0 amide bonds. The second kappa shape index (κ2) is 7.77. The third-order valence-corrected chi connectivity index (χ3v) is 3.63. The molecule has 3 aromatic heterocycles. The Morgan fingerprint density at radius 3 is 2.96 bits per heavy atom. The van der Waals surface area contributed by atoms with Crippen molar-refractivity contribution in [3.05, 3.63) is 76.3 Å². The van der Waals surface area contributed by atoms with Crippen LogP contribution < -0.4 is 5.56 Å². The number of halogens is 1. The minimum atomic E-state index is -0.622. The van der Waals surface area contributed by atoms with Crippen LogP contribution in [0, 0.1) is 6.92 Å². The van der Waals surface area contributed by atoms with Gasteiger partial charge in [-0.2, -0.15) is 0 Å². The Morgan fingerprint density at radius 2 is 2.19 bits per heavy atom. The smallest absolute Gasteiger partial charge is 0.300 e. The number of aromatic hydroxyl groups is 1. The van der Waals surface area contributed by atoms with Crippen LogP contribution in [-0.4, -0.2) is 24.7 Å². The zero-order chi connectivity index (χ0) is 19.4. The lowest BCUT2D eigenvalue weighted by molar-refractivity contribution is 0.457. The molecule has 0 unspecified atom stereocenters. The van der Waals surface area contributed by atoms with Gasteiger partial charge in [-0.3, -0.25) is 9.20 Å². The number of pyridine rings is 1. The first-order chi connectivity index (χ1) is 13.0. The standard InChI is InChI=1S/C19H17FN4O3/c1-3-6-13(20)7-4-5-8-15-22-23-18(27-15)16-17(25)19(26)24-11-12(2)9-10-14(24)21-16/h3-7,9-11,25H,8H2,1-2H3/b5-4+,6-3-,13-7+. The third-order valence-electron chi connectivity index (χ3n) is 3.63. The Balaban J connectivity index is 1.87. The highest BCUT2D eigenvalue weighted by atomic mass is 19.1. The summed E-state index contributed by atoms with van der Waals surface area (Å²) in [6, 6.07) is 3.46. The average molecular weight is 368 g/mol. The van der Waals surface area contributed by atoms with Crippen molar-refractivity contribution in [2.24, 2.45) is 0 Å². The summed E-state index contributed by atoms with van der Waals surface area (Å²) < 4.78 is 19.9. The van der Waals surface area contributed by atoms with Gasteiger partial charge in [-0.1, -0.05) is 24.3 Å². The molecule has 7 nitrogen and oxygen atoms in total. The molecule has 0 spiro atoms. The van der Waals surface area contributed by atoms with Gasteiger partial charge in [-0.25, -0.2) is 9.37 Å². The first-order valence-electron chi connectivity index (χ1n) is 8.19. The molecule has 0 aromatic carbocycles. The van der Waals surface area contributed by atoms with E-state index in [2.05, 4.69) is 15.2 Å². The molecule has 0 saturated heterocycles. The monoisotopic (exact) mass is 368 g/mol. The maximum absolute atomic E-state index is 13.2. The molecule has 0 aliphatic rings. The van der Waals surface area contributed by atoms with Crippen molar-refractivity contribution in [3.63, 3.8) is 0 Å². The molecule has 0 radical (unpaired) electrons. The highest BCUT2D eigenvalue weighted by Gasteiger charge is 2.18. The Hall–Kier alpha value is -3.55. The largest absolute Gasteiger partial charge is 0.501 e. The van der Waals surface area contributed by atoms with Gasteiger partial charge in [0.1, 0.15) is 11.5 Å². The number of hydrogen-bond donors (Lipinski definition) is 1. The Morgan fingerprint density at radius 1 is 1.37 bits per heavy atom. The number of allylic oxidation sites excluding steroid dienone is 6. The molecule has 0 aliphatic carbocycles. The lowest BCUT2D eigenvalue weighted by Crippen LogP contribution is -2.15. The van der Waals surface area contributed by atoms with Crippen LogP contribution in [0.3, 0.4) is 0 Å². The normalized spacial score (nSPS) is 12.6. The van der Waals surface area contributed by atoms with Crippen LogP contribution in [0.4, 0.5) is 4.39 Å². The average Bonchev–Trinajstić information content (AvgIpc) is 3.11. The summed E-state index contributed by atoms with van der Waals surface area (Å²) in [6.07, 6.45) is 9.25. The van der Waals surface area contributed by atoms with E-state index in [1.54, 1.807) is 37.4 Å². The van der Waals surface area contributed by atoms with Gasteiger partial charge in [-0.05, 0) is 37.6 Å². The summed E-state index contributed by atoms with van der Waals surface area (Å²) in [4.78, 5) is 16.6. The first kappa shape index (κ1) is 18.2. The number of hydrogen-bond acceptors (Lipinski definition) is 6. The van der Waals surface area contributed by atoms with Crippen molar-refractivity contribution in [1.82, 2.24) is 19.6 Å². The Labute approximate surface area is 153 Å². The predicted octanol–water partition coefficient (Wildman–Crippen LogP) is 3.29. The quantitative estimate of drug-likeness (QED) is 0.695. The summed E-state index contributed by atoms with van der Waals surface area (Å²) in [5.41, 5.74) is 0.501. The number of rotatable bonds is 5. The van der Waals surface area contributed by atoms with Gasteiger partial charge >= 0.3 is 5.56 Å². The molecule has 0 saturated carbocycles. The summed E-state index contributed by atoms with van der Waals surface area (Å²) in [5, 5.41) is 17.9. The van der Waals surface area contributed by atoms with E-state index in [0.29, 0.717) is 5.65 Å². The molecule has 3 aromatic rings. The zero-order valence-corrected chi connectivity index (χ0v) is 14.8. The number of fused-ring (bicyclic) bond motifs is 1. The van der Waals surface area contributed by atoms with E-state index in [-0.39, 0.29) is 29.7 Å². The van der Waals surface area contributed by atoms with Crippen molar-refractivity contribution in [2.75, 3.05) is 0 Å². The van der Waals surface area contributed by atoms with Crippen LogP contribution in [-0.2, 0) is 6.42 Å². The van der Waals surface area contributed by atoms with Crippen molar-refractivity contribution < 1.29 is 13.9 Å². The third kappa shape index (κ3) is 4.00. The van der Waals surface area contributed by atoms with Crippen LogP contribution in [0.25, 0.3) is 17.2 Å². The molecule has 8 heteroatoms. The van der Waals surface area contributed by atoms with Gasteiger partial charge in [0, 0.05) is 12.6 Å². The Bertz CT molecular complexity index is 1130. The van der Waals surface area contributed by atoms with Crippen LogP contribution in [0.2, 0.25) is 0 Å². The highest BCUT2D eigenvalue weighted by Crippen LogP contribution is 2.23. The van der Waals surface area contributed by atoms with E-state index in [1.807, 2.05) is 6.92 Å². The molecule has 27 heavy (non-hydrogen) atoms. The maximum atomic E-state index is 13.2. The first-order valence-corrected chi connectivity index (χ1v) is 8.19. The van der Waals surface area contributed by atoms with Crippen molar-refractivity contribution >= 4 is 5.65 Å². The summed E-state index contributed by atoms with van der Waals surface area (Å²) >= 11 is 0. The topological polar surface area (TPSA) is 93.5 Å². The summed E-state index contributed by atoms with van der Waals surface area (Å²) in [6.45, 7) is 3.55. The molecule has 1 N–H and O–H groups in total. The van der Waals surface area contributed by atoms with E-state index >= 15 is 0 Å². The van der Waals surface area contributed by atoms with E-state index in [1.165, 1.54) is 22.6 Å². The SMILES string of the molecule is C\C=C/C(F)=C\C=C\Cc1nnc(-c2nc3ccc(C)cn3c(=O)c2O)o1. The molecule has 0 aliphatic heterocycles. The van der Waals surface area contributed by atoms with Gasteiger partial charge in [0.25, 0.3) is 5.89 Å². The fraction of sp³-hybridized carbons (Fsp3) is 0.158. The zero-order valence-electron chi connectivity index (χ0n) is 14.8. The molecular weight excluding hydrogens is 351 g/mol. The number of aryl methyl sites for hydroxylation is 1. The molecule has 0 fully saturated rings. The lowest BCUT2D eigenvalue weighted by atomic mass is 10.3. The molecule has 0 atom stereocenters. The minimum absolute atomic E-state index is 0.0632. The van der Waals surface area contributed by atoms with Gasteiger partial charge in [0.05, 0.1) is 0 Å². The van der Waals surface area contributed by atoms with Crippen molar-refractivity contribution in [1.29, 1.82) is 0 Å². The fourth-order valence-corrected chi connectivity index (χ4v) is 2.36. The summed E-state index contributed by atoms with van der Waals surface area (Å²) in [7, 11) is 0. The van der Waals surface area contributed by atoms with Gasteiger partial charge in [-0.15, -0.1) is 10.2 Å². The lowest BCUT2D eigenvalue weighted by Gasteiger charge is -2.04. The Kier molecular flexibility index (Phi) is 5.25. The van der Waals surface area contributed by atoms with Crippen LogP contribution in [0.5, 0.6) is 5.75 Å². The van der Waals surface area contributed by atoms with E-state index in [0.717, 1.165) is 5.56 Å². The van der Waals surface area contributed by atoms with Crippen molar-refractivity contribution in [3.8, 4) is 17.3 Å². The van der Waals surface area contributed by atoms with Gasteiger partial charge in [0.2, 0.25) is 11.6 Å². The molecule has 138 valence electrons. The van der Waals surface area contributed by atoms with Crippen molar-refractivity contribution in [2.45, 2.75) is 20.3 Å². The number of nitrogens with zero attached hydrogens (tertiary/aromatic N) is 4. The molecule has 0 bridgehead atoms. The van der Waals surface area contributed by atoms with Crippen LogP contribution >= 0.6 is 0 Å². The van der Waals surface area contributed by atoms with Crippen LogP contribution in [0.15, 0.2) is 63.7 Å². The summed E-state index contributed by atoms with van der Waals surface area (Å²) in [5.74, 6) is -0.765. The second-order valence-corrected chi connectivity index (χ2v) is 5.73. The molecular formula is C19H17FN4O3. The number of aromatic nitrogens is 4. The van der Waals surface area contributed by atoms with Crippen LogP contribution in [0.1, 0.15) is 18.4 Å². The minimum Gasteiger partial charge on any atom is -0.501 e. The van der Waals surface area contributed by atoms with Gasteiger partial charge < -0.3 is 9.52 Å². The highest BCUT2D eigenvalue weighted by molar-refractivity contribution is 5.60. The second-order valence-electron chi connectivity index (χ2n) is 5.73. The van der Waals surface area contributed by atoms with Gasteiger partial charge in [0.15, 0.2) is 5.69 Å². The molecule has 3 heterocycles. The molecule has 3 rings (SSSR count). The predicted molar refractivity (Wildman–Crippen MR) is 98.0 cm³/mol. The van der Waals surface area contributed by atoms with E-state index in [4.69, 9.17) is 4.42 Å². The fourth-order valence-electron chi connectivity index (χ4n) is 2.36.